The molecule has 2 heterocycles. The Balaban J connectivity index is 2.11. The highest BCUT2D eigenvalue weighted by Crippen LogP contribution is 2.28. The van der Waals surface area contributed by atoms with Crippen LogP contribution in [0.4, 0.5) is 0 Å². The first-order valence-electron chi connectivity index (χ1n) is 10.6. The molecule has 0 amide bonds. The number of hydrogen-bond acceptors (Lipinski definition) is 6. The number of hydrogen-bond donors (Lipinski definition) is 0. The van der Waals surface area contributed by atoms with Gasteiger partial charge in [0, 0.05) is 18.3 Å². The number of aromatic nitrogens is 1. The minimum atomic E-state index is -0.744. The molecule has 0 aliphatic carbocycles. The zero-order valence-electron chi connectivity index (χ0n) is 18.1. The van der Waals surface area contributed by atoms with Crippen molar-refractivity contribution in [1.82, 2.24) is 4.57 Å². The largest absolute Gasteiger partial charge is 0.478 e. The first-order chi connectivity index (χ1) is 15.0. The summed E-state index contributed by atoms with van der Waals surface area (Å²) in [5.74, 6) is 0.0698. The van der Waals surface area contributed by atoms with Crippen LogP contribution in [-0.4, -0.2) is 23.2 Å². The number of rotatable bonds is 9. The number of benzene rings is 1. The van der Waals surface area contributed by atoms with Crippen molar-refractivity contribution in [2.75, 3.05) is 6.61 Å². The molecule has 0 bridgehead atoms. The number of ether oxygens (including phenoxy) is 2. The second-order valence-electron chi connectivity index (χ2n) is 7.19. The Hall–Kier alpha value is -3.35. The summed E-state index contributed by atoms with van der Waals surface area (Å²) in [5.41, 5.74) is 0.650. The van der Waals surface area contributed by atoms with Crippen molar-refractivity contribution in [2.45, 2.75) is 52.6 Å². The van der Waals surface area contributed by atoms with Gasteiger partial charge in [-0.3, -0.25) is 14.2 Å². The molecule has 2 aromatic heterocycles. The van der Waals surface area contributed by atoms with Gasteiger partial charge in [-0.15, -0.1) is 0 Å². The summed E-state index contributed by atoms with van der Waals surface area (Å²) < 4.78 is 18.1. The molecule has 0 saturated carbocycles. The minimum absolute atomic E-state index is 0.145. The van der Waals surface area contributed by atoms with E-state index in [1.54, 1.807) is 31.2 Å². The molecule has 7 nitrogen and oxygen atoms in total. The summed E-state index contributed by atoms with van der Waals surface area (Å²) in [5, 5.41) is 0.357. The molecule has 7 heteroatoms. The Bertz CT molecular complexity index is 1180. The third-order valence-corrected chi connectivity index (χ3v) is 5.01. The lowest BCUT2D eigenvalue weighted by molar-refractivity contribution is -0.151. The third-order valence-electron chi connectivity index (χ3n) is 5.01. The zero-order valence-corrected chi connectivity index (χ0v) is 18.1. The first-order valence-corrected chi connectivity index (χ1v) is 10.6. The molecule has 0 radical (unpaired) electrons. The van der Waals surface area contributed by atoms with E-state index in [0.717, 1.165) is 18.4 Å². The fraction of sp³-hybridized carbons (Fsp3) is 0.375. The van der Waals surface area contributed by atoms with E-state index >= 15 is 0 Å². The van der Waals surface area contributed by atoms with Gasteiger partial charge in [0.2, 0.25) is 5.43 Å². The first kappa shape index (κ1) is 22.3. The van der Waals surface area contributed by atoms with Gasteiger partial charge in [0.05, 0.1) is 12.0 Å². The standard InChI is InChI=1S/C24H27NO6/c1-4-7-10-16-13-17-21(14-20(16)31-19(5-2)24(28)29-6-3)30-15-18(23(17)27)25-12-9-8-11-22(25)26/h8-9,11-15,19H,4-7,10H2,1-3H3/t19-/m0/s1. The minimum Gasteiger partial charge on any atom is -0.478 e. The van der Waals surface area contributed by atoms with E-state index in [1.165, 1.54) is 23.1 Å². The van der Waals surface area contributed by atoms with E-state index in [1.807, 2.05) is 6.92 Å². The number of carbonyl (C=O) groups excluding carboxylic acids is 1. The lowest BCUT2D eigenvalue weighted by Crippen LogP contribution is -2.29. The lowest BCUT2D eigenvalue weighted by Gasteiger charge is -2.19. The van der Waals surface area contributed by atoms with Crippen LogP contribution < -0.4 is 15.7 Å². The lowest BCUT2D eigenvalue weighted by atomic mass is 10.0. The Morgan fingerprint density at radius 3 is 2.65 bits per heavy atom. The van der Waals surface area contributed by atoms with Crippen LogP contribution in [-0.2, 0) is 16.0 Å². The van der Waals surface area contributed by atoms with Crippen LogP contribution in [0.3, 0.4) is 0 Å². The maximum absolute atomic E-state index is 13.2. The van der Waals surface area contributed by atoms with Crippen LogP contribution >= 0.6 is 0 Å². The van der Waals surface area contributed by atoms with Gasteiger partial charge >= 0.3 is 5.97 Å². The quantitative estimate of drug-likeness (QED) is 0.482. The maximum Gasteiger partial charge on any atom is 0.347 e. The summed E-state index contributed by atoms with van der Waals surface area (Å²) in [4.78, 5) is 37.5. The molecular weight excluding hydrogens is 398 g/mol. The van der Waals surface area contributed by atoms with Crippen molar-refractivity contribution in [3.05, 3.63) is 68.9 Å². The second kappa shape index (κ2) is 10.1. The van der Waals surface area contributed by atoms with Crippen molar-refractivity contribution in [1.29, 1.82) is 0 Å². The van der Waals surface area contributed by atoms with Gasteiger partial charge in [-0.25, -0.2) is 4.79 Å². The molecule has 0 fully saturated rings. The van der Waals surface area contributed by atoms with Gasteiger partial charge in [-0.2, -0.15) is 0 Å². The molecule has 164 valence electrons. The van der Waals surface area contributed by atoms with Crippen molar-refractivity contribution >= 4 is 16.9 Å². The molecule has 0 N–H and O–H groups in total. The summed E-state index contributed by atoms with van der Waals surface area (Å²) in [7, 11) is 0. The highest BCUT2D eigenvalue weighted by molar-refractivity contribution is 5.81. The Morgan fingerprint density at radius 1 is 1.16 bits per heavy atom. The average molecular weight is 425 g/mol. The number of esters is 1. The van der Waals surface area contributed by atoms with Gasteiger partial charge in [-0.05, 0) is 43.9 Å². The van der Waals surface area contributed by atoms with Crippen LogP contribution in [0.25, 0.3) is 16.7 Å². The van der Waals surface area contributed by atoms with E-state index in [2.05, 4.69) is 6.92 Å². The van der Waals surface area contributed by atoms with Crippen molar-refractivity contribution in [2.24, 2.45) is 0 Å². The van der Waals surface area contributed by atoms with Gasteiger partial charge in [0.25, 0.3) is 5.56 Å². The van der Waals surface area contributed by atoms with Gasteiger partial charge in [0.15, 0.2) is 6.10 Å². The smallest absolute Gasteiger partial charge is 0.347 e. The fourth-order valence-corrected chi connectivity index (χ4v) is 3.34. The molecular formula is C24H27NO6. The van der Waals surface area contributed by atoms with E-state index in [-0.39, 0.29) is 23.3 Å². The van der Waals surface area contributed by atoms with Gasteiger partial charge < -0.3 is 13.9 Å². The number of carbonyl (C=O) groups is 1. The average Bonchev–Trinajstić information content (AvgIpc) is 2.77. The summed E-state index contributed by atoms with van der Waals surface area (Å²) in [6, 6.07) is 8.05. The summed E-state index contributed by atoms with van der Waals surface area (Å²) >= 11 is 0. The molecule has 3 rings (SSSR count). The topological polar surface area (TPSA) is 87.7 Å². The Kier molecular flexibility index (Phi) is 7.28. The number of fused-ring (bicyclic) bond motifs is 1. The SMILES string of the molecule is CCCCc1cc2c(=O)c(-n3ccccc3=O)coc2cc1O[C@@H](CC)C(=O)OCC. The second-order valence-corrected chi connectivity index (χ2v) is 7.19. The molecule has 0 saturated heterocycles. The van der Waals surface area contributed by atoms with Crippen LogP contribution in [0, 0.1) is 0 Å². The predicted octanol–water partition coefficient (Wildman–Crippen LogP) is 4.01. The van der Waals surface area contributed by atoms with Gasteiger partial charge in [-0.1, -0.05) is 26.3 Å². The summed E-state index contributed by atoms with van der Waals surface area (Å²) in [6.07, 6.45) is 5.03. The van der Waals surface area contributed by atoms with Crippen LogP contribution in [0.15, 0.2) is 56.8 Å². The zero-order chi connectivity index (χ0) is 22.4. The van der Waals surface area contributed by atoms with E-state index in [0.29, 0.717) is 29.6 Å². The normalized spacial score (nSPS) is 12.0. The predicted molar refractivity (Wildman–Crippen MR) is 118 cm³/mol. The van der Waals surface area contributed by atoms with Crippen LogP contribution in [0.2, 0.25) is 0 Å². The van der Waals surface area contributed by atoms with Crippen molar-refractivity contribution in [3.63, 3.8) is 0 Å². The maximum atomic E-state index is 13.2. The number of unbranched alkanes of at least 4 members (excludes halogenated alkanes) is 1. The molecule has 31 heavy (non-hydrogen) atoms. The molecule has 1 aromatic carbocycles. The molecule has 0 unspecified atom stereocenters. The molecule has 3 aromatic rings. The van der Waals surface area contributed by atoms with Crippen LogP contribution in [0.1, 0.15) is 45.6 Å². The van der Waals surface area contributed by atoms with E-state index in [4.69, 9.17) is 13.9 Å². The molecule has 1 atom stereocenters. The fourth-order valence-electron chi connectivity index (χ4n) is 3.34. The highest BCUT2D eigenvalue weighted by atomic mass is 16.6. The molecule has 0 aliphatic heterocycles. The molecule has 0 aliphatic rings. The monoisotopic (exact) mass is 425 g/mol. The van der Waals surface area contributed by atoms with Crippen molar-refractivity contribution in [3.8, 4) is 11.4 Å². The number of pyridine rings is 1. The highest BCUT2D eigenvalue weighted by Gasteiger charge is 2.22. The van der Waals surface area contributed by atoms with Crippen LogP contribution in [0.5, 0.6) is 5.75 Å². The third kappa shape index (κ3) is 4.87. The Labute approximate surface area is 180 Å². The number of nitrogens with zero attached hydrogens (tertiary/aromatic N) is 1. The Morgan fingerprint density at radius 2 is 1.97 bits per heavy atom. The molecule has 0 spiro atoms. The summed E-state index contributed by atoms with van der Waals surface area (Å²) in [6.45, 7) is 5.94. The van der Waals surface area contributed by atoms with Crippen molar-refractivity contribution < 1.29 is 18.7 Å². The van der Waals surface area contributed by atoms with Gasteiger partial charge in [0.1, 0.15) is 23.3 Å². The van der Waals surface area contributed by atoms with E-state index < -0.39 is 12.1 Å². The van der Waals surface area contributed by atoms with E-state index in [9.17, 15) is 14.4 Å². The number of aryl methyl sites for hydroxylation is 1.